The number of rotatable bonds is 4. The summed E-state index contributed by atoms with van der Waals surface area (Å²) >= 11 is 15.6. The zero-order chi connectivity index (χ0) is 14.8. The Kier molecular flexibility index (Phi) is 4.97. The second-order valence-corrected chi connectivity index (χ2v) is 6.51. The summed E-state index contributed by atoms with van der Waals surface area (Å²) in [6.07, 6.45) is 0. The molecule has 0 heterocycles. The molecule has 1 unspecified atom stereocenters. The van der Waals surface area contributed by atoms with Crippen molar-refractivity contribution in [3.63, 3.8) is 0 Å². The van der Waals surface area contributed by atoms with E-state index in [0.717, 1.165) is 15.7 Å². The molecule has 0 saturated carbocycles. The first-order valence-corrected chi connectivity index (χ1v) is 7.60. The zero-order valence-corrected chi connectivity index (χ0v) is 13.9. The van der Waals surface area contributed by atoms with Crippen molar-refractivity contribution >= 4 is 44.8 Å². The predicted octanol–water partition coefficient (Wildman–Crippen LogP) is 5.08. The summed E-state index contributed by atoms with van der Waals surface area (Å²) in [6.45, 7) is 1.80. The lowest BCUT2D eigenvalue weighted by Crippen LogP contribution is -2.36. The van der Waals surface area contributed by atoms with Crippen molar-refractivity contribution < 1.29 is 5.11 Å². The Labute approximate surface area is 136 Å². The molecular weight excluding hydrogens is 361 g/mol. The van der Waals surface area contributed by atoms with Gasteiger partial charge in [0, 0.05) is 20.2 Å². The van der Waals surface area contributed by atoms with Crippen LogP contribution in [0.4, 0.5) is 5.69 Å². The van der Waals surface area contributed by atoms with Gasteiger partial charge in [0.25, 0.3) is 0 Å². The van der Waals surface area contributed by atoms with Crippen LogP contribution in [0.15, 0.2) is 46.9 Å². The van der Waals surface area contributed by atoms with Gasteiger partial charge in [0.1, 0.15) is 0 Å². The van der Waals surface area contributed by atoms with Gasteiger partial charge in [-0.05, 0) is 48.9 Å². The molecule has 0 spiro atoms. The summed E-state index contributed by atoms with van der Waals surface area (Å²) < 4.78 is 0.998. The smallest absolute Gasteiger partial charge is 0.0842 e. The Hall–Kier alpha value is -0.740. The number of hydrogen-bond donors (Lipinski definition) is 2. The molecule has 0 aromatic heterocycles. The molecule has 20 heavy (non-hydrogen) atoms. The van der Waals surface area contributed by atoms with E-state index in [2.05, 4.69) is 21.2 Å². The normalized spacial score (nSPS) is 13.8. The Balaban J connectivity index is 2.35. The Morgan fingerprint density at radius 3 is 2.35 bits per heavy atom. The van der Waals surface area contributed by atoms with Crippen LogP contribution < -0.4 is 5.32 Å². The van der Waals surface area contributed by atoms with Gasteiger partial charge >= 0.3 is 0 Å². The average molecular weight is 375 g/mol. The zero-order valence-electron chi connectivity index (χ0n) is 10.8. The largest absolute Gasteiger partial charge is 0.394 e. The molecular formula is C15H14BrCl2NO. The summed E-state index contributed by atoms with van der Waals surface area (Å²) in [7, 11) is 0. The van der Waals surface area contributed by atoms with Gasteiger partial charge in [-0.25, -0.2) is 0 Å². The van der Waals surface area contributed by atoms with Gasteiger partial charge in [0.05, 0.1) is 12.1 Å². The van der Waals surface area contributed by atoms with E-state index >= 15 is 0 Å². The molecule has 106 valence electrons. The maximum atomic E-state index is 9.78. The highest BCUT2D eigenvalue weighted by Gasteiger charge is 2.28. The minimum Gasteiger partial charge on any atom is -0.394 e. The first kappa shape index (κ1) is 15.6. The molecule has 2 aromatic rings. The van der Waals surface area contributed by atoms with Crippen LogP contribution in [-0.4, -0.2) is 11.7 Å². The van der Waals surface area contributed by atoms with Gasteiger partial charge in [0.15, 0.2) is 0 Å². The number of anilines is 1. The number of halogens is 3. The molecule has 0 fully saturated rings. The number of aliphatic hydroxyl groups excluding tert-OH is 1. The second-order valence-electron chi connectivity index (χ2n) is 4.75. The van der Waals surface area contributed by atoms with Gasteiger partial charge < -0.3 is 10.4 Å². The third kappa shape index (κ3) is 3.47. The molecule has 0 radical (unpaired) electrons. The summed E-state index contributed by atoms with van der Waals surface area (Å²) in [4.78, 5) is 0. The Morgan fingerprint density at radius 1 is 1.15 bits per heavy atom. The third-order valence-electron chi connectivity index (χ3n) is 3.11. The van der Waals surface area contributed by atoms with Crippen LogP contribution in [0.3, 0.4) is 0 Å². The molecule has 0 bridgehead atoms. The third-order valence-corrected chi connectivity index (χ3v) is 4.18. The maximum Gasteiger partial charge on any atom is 0.0842 e. The quantitative estimate of drug-likeness (QED) is 0.782. The molecule has 2 nitrogen and oxygen atoms in total. The predicted molar refractivity (Wildman–Crippen MR) is 88.7 cm³/mol. The molecule has 2 N–H and O–H groups in total. The maximum absolute atomic E-state index is 9.78. The number of nitrogens with one attached hydrogen (secondary N) is 1. The molecule has 0 aliphatic carbocycles. The van der Waals surface area contributed by atoms with Crippen molar-refractivity contribution in [1.82, 2.24) is 0 Å². The highest BCUT2D eigenvalue weighted by atomic mass is 79.9. The topological polar surface area (TPSA) is 32.3 Å². The first-order valence-electron chi connectivity index (χ1n) is 6.05. The van der Waals surface area contributed by atoms with E-state index < -0.39 is 5.54 Å². The van der Waals surface area contributed by atoms with Crippen LogP contribution in [-0.2, 0) is 5.54 Å². The van der Waals surface area contributed by atoms with E-state index in [1.54, 1.807) is 12.1 Å². The van der Waals surface area contributed by atoms with E-state index in [9.17, 15) is 5.11 Å². The van der Waals surface area contributed by atoms with Crippen LogP contribution >= 0.6 is 39.1 Å². The lowest BCUT2D eigenvalue weighted by Gasteiger charge is -2.31. The van der Waals surface area contributed by atoms with Gasteiger partial charge in [-0.15, -0.1) is 0 Å². The van der Waals surface area contributed by atoms with Crippen LogP contribution in [0.2, 0.25) is 10.0 Å². The van der Waals surface area contributed by atoms with Crippen molar-refractivity contribution in [3.05, 3.63) is 62.5 Å². The molecule has 1 atom stereocenters. The fourth-order valence-electron chi connectivity index (χ4n) is 1.98. The van der Waals surface area contributed by atoms with E-state index in [0.29, 0.717) is 10.0 Å². The van der Waals surface area contributed by atoms with Crippen LogP contribution in [0.25, 0.3) is 0 Å². The molecule has 2 aromatic carbocycles. The number of benzene rings is 2. The number of aliphatic hydroxyl groups is 1. The molecule has 0 saturated heterocycles. The van der Waals surface area contributed by atoms with Gasteiger partial charge in [-0.3, -0.25) is 0 Å². The van der Waals surface area contributed by atoms with Crippen molar-refractivity contribution in [2.75, 3.05) is 11.9 Å². The van der Waals surface area contributed by atoms with Crippen molar-refractivity contribution in [1.29, 1.82) is 0 Å². The SMILES string of the molecule is CC(CO)(Nc1ccc(Br)cc1)c1ccc(Cl)cc1Cl. The van der Waals surface area contributed by atoms with E-state index in [1.807, 2.05) is 37.3 Å². The van der Waals surface area contributed by atoms with Gasteiger partial charge in [-0.2, -0.15) is 0 Å². The summed E-state index contributed by atoms with van der Waals surface area (Å²) in [6, 6.07) is 13.0. The first-order chi connectivity index (χ1) is 9.44. The lowest BCUT2D eigenvalue weighted by atomic mass is 9.92. The Bertz CT molecular complexity index is 603. The van der Waals surface area contributed by atoms with Crippen LogP contribution in [0, 0.1) is 0 Å². The molecule has 0 aliphatic heterocycles. The van der Waals surface area contributed by atoms with Crippen LogP contribution in [0.5, 0.6) is 0 Å². The summed E-state index contributed by atoms with van der Waals surface area (Å²) in [5.41, 5.74) is 1.01. The molecule has 0 aliphatic rings. The van der Waals surface area contributed by atoms with Crippen molar-refractivity contribution in [2.24, 2.45) is 0 Å². The van der Waals surface area contributed by atoms with E-state index in [1.165, 1.54) is 0 Å². The minimum atomic E-state index is -0.685. The van der Waals surface area contributed by atoms with Crippen molar-refractivity contribution in [3.8, 4) is 0 Å². The van der Waals surface area contributed by atoms with Crippen molar-refractivity contribution in [2.45, 2.75) is 12.5 Å². The highest BCUT2D eigenvalue weighted by Crippen LogP contribution is 2.33. The standard InChI is InChI=1S/C15H14BrCl2NO/c1-15(9-20,13-7-4-11(17)8-14(13)18)19-12-5-2-10(16)3-6-12/h2-8,19-20H,9H2,1H3. The fourth-order valence-corrected chi connectivity index (χ4v) is 2.86. The summed E-state index contributed by atoms with van der Waals surface area (Å²) in [5, 5.41) is 14.2. The highest BCUT2D eigenvalue weighted by molar-refractivity contribution is 9.10. The number of hydrogen-bond acceptors (Lipinski definition) is 2. The second kappa shape index (κ2) is 6.35. The molecule has 2 rings (SSSR count). The van der Waals surface area contributed by atoms with Crippen LogP contribution in [0.1, 0.15) is 12.5 Å². The summed E-state index contributed by atoms with van der Waals surface area (Å²) in [5.74, 6) is 0. The van der Waals surface area contributed by atoms with E-state index in [-0.39, 0.29) is 6.61 Å². The van der Waals surface area contributed by atoms with E-state index in [4.69, 9.17) is 23.2 Å². The molecule has 5 heteroatoms. The molecule has 0 amide bonds. The lowest BCUT2D eigenvalue weighted by molar-refractivity contribution is 0.224. The van der Waals surface area contributed by atoms with Gasteiger partial charge in [0.2, 0.25) is 0 Å². The monoisotopic (exact) mass is 373 g/mol. The van der Waals surface area contributed by atoms with Gasteiger partial charge in [-0.1, -0.05) is 45.2 Å². The fraction of sp³-hybridized carbons (Fsp3) is 0.200. The average Bonchev–Trinajstić information content (AvgIpc) is 2.41. The minimum absolute atomic E-state index is 0.0928. The Morgan fingerprint density at radius 2 is 1.80 bits per heavy atom.